The molecule has 0 heterocycles. The molecular formula is C32H66F3NO3S. The third-order valence-electron chi connectivity index (χ3n) is 7.62. The van der Waals surface area contributed by atoms with Gasteiger partial charge in [-0.2, -0.15) is 21.6 Å². The third-order valence-corrected chi connectivity index (χ3v) is 8.93. The summed E-state index contributed by atoms with van der Waals surface area (Å²) in [5.41, 5.74) is 0. The van der Waals surface area contributed by atoms with E-state index in [1.807, 2.05) is 0 Å². The number of hydrogen-bond donors (Lipinski definition) is 1. The second-order valence-corrected chi connectivity index (χ2v) is 13.4. The fourth-order valence-electron chi connectivity index (χ4n) is 5.09. The summed E-state index contributed by atoms with van der Waals surface area (Å²) < 4.78 is 65.4. The van der Waals surface area contributed by atoms with Crippen LogP contribution in [-0.4, -0.2) is 27.0 Å². The Morgan fingerprint density at radius 1 is 0.475 bits per heavy atom. The largest absolute Gasteiger partial charge is 0.389 e. The molecular weight excluding hydrogens is 535 g/mol. The van der Waals surface area contributed by atoms with Crippen molar-refractivity contribution in [2.45, 2.75) is 193 Å². The second-order valence-electron chi connectivity index (χ2n) is 11.6. The van der Waals surface area contributed by atoms with Gasteiger partial charge in [0.2, 0.25) is 0 Å². The average molecular weight is 602 g/mol. The monoisotopic (exact) mass is 601 g/mol. The first-order chi connectivity index (χ1) is 18.8. The lowest BCUT2D eigenvalue weighted by Gasteiger charge is -2.07. The molecule has 3 N–H and O–H groups in total. The molecule has 0 fully saturated rings. The molecule has 0 radical (unpaired) electrons. The Morgan fingerprint density at radius 3 is 1.12 bits per heavy atom. The van der Waals surface area contributed by atoms with Crippen molar-refractivity contribution in [1.82, 2.24) is 6.15 Å². The summed E-state index contributed by atoms with van der Waals surface area (Å²) in [6, 6.07) is 0. The zero-order valence-electron chi connectivity index (χ0n) is 26.2. The maximum Gasteiger partial charge on any atom is 0.389 e. The van der Waals surface area contributed by atoms with E-state index < -0.39 is 22.7 Å². The van der Waals surface area contributed by atoms with E-state index in [4.69, 9.17) is 4.18 Å². The van der Waals surface area contributed by atoms with Crippen molar-refractivity contribution >= 4 is 10.1 Å². The molecule has 0 rings (SSSR count). The highest BCUT2D eigenvalue weighted by molar-refractivity contribution is 7.86. The molecule has 0 aromatic heterocycles. The standard InChI is InChI=1S/C32H63F3O3S.H3N/c1-2-3-4-5-6-7-8-9-10-11-12-13-14-15-18-21-24-27-30-38-39(36,37)31-28-25-22-19-16-17-20-23-26-29-32(33,34)35;/h2-31H2,1H3;1H3. The van der Waals surface area contributed by atoms with Crippen LogP contribution in [0.4, 0.5) is 13.2 Å². The molecule has 0 aromatic rings. The van der Waals surface area contributed by atoms with E-state index in [0.717, 1.165) is 57.8 Å². The lowest BCUT2D eigenvalue weighted by molar-refractivity contribution is -0.135. The van der Waals surface area contributed by atoms with Crippen molar-refractivity contribution in [3.63, 3.8) is 0 Å². The molecule has 0 aliphatic rings. The van der Waals surface area contributed by atoms with Crippen LogP contribution in [-0.2, 0) is 14.3 Å². The lowest BCUT2D eigenvalue weighted by atomic mass is 10.0. The number of halogens is 3. The molecule has 0 atom stereocenters. The Morgan fingerprint density at radius 2 is 0.775 bits per heavy atom. The van der Waals surface area contributed by atoms with Gasteiger partial charge in [-0.1, -0.05) is 161 Å². The molecule has 0 aliphatic heterocycles. The first-order valence-corrected chi connectivity index (χ1v) is 18.3. The summed E-state index contributed by atoms with van der Waals surface area (Å²) in [5, 5.41) is 0. The molecule has 0 saturated carbocycles. The maximum atomic E-state index is 12.1. The summed E-state index contributed by atoms with van der Waals surface area (Å²) >= 11 is 0. The molecule has 0 aliphatic carbocycles. The lowest BCUT2D eigenvalue weighted by Crippen LogP contribution is -2.11. The van der Waals surface area contributed by atoms with Crippen LogP contribution in [0.5, 0.6) is 0 Å². The van der Waals surface area contributed by atoms with Gasteiger partial charge in [-0.3, -0.25) is 4.18 Å². The fourth-order valence-corrected chi connectivity index (χ4v) is 6.14. The zero-order chi connectivity index (χ0) is 28.9. The first kappa shape index (κ1) is 41.8. The van der Waals surface area contributed by atoms with E-state index in [-0.39, 0.29) is 18.3 Å². The number of hydrogen-bond acceptors (Lipinski definition) is 4. The van der Waals surface area contributed by atoms with Crippen LogP contribution in [0.25, 0.3) is 0 Å². The summed E-state index contributed by atoms with van der Waals surface area (Å²) in [5.74, 6) is 0.0868. The van der Waals surface area contributed by atoms with Crippen LogP contribution in [0.2, 0.25) is 0 Å². The van der Waals surface area contributed by atoms with E-state index in [0.29, 0.717) is 19.4 Å². The maximum absolute atomic E-state index is 12.1. The predicted molar refractivity (Wildman–Crippen MR) is 166 cm³/mol. The molecule has 0 saturated heterocycles. The highest BCUT2D eigenvalue weighted by Gasteiger charge is 2.25. The topological polar surface area (TPSA) is 78.4 Å². The van der Waals surface area contributed by atoms with E-state index in [1.165, 1.54) is 96.3 Å². The summed E-state index contributed by atoms with van der Waals surface area (Å²) in [6.07, 6.45) is 26.0. The van der Waals surface area contributed by atoms with Crippen LogP contribution in [0.1, 0.15) is 187 Å². The van der Waals surface area contributed by atoms with Crippen molar-refractivity contribution in [2.24, 2.45) is 0 Å². The van der Waals surface area contributed by atoms with Gasteiger partial charge in [0, 0.05) is 6.42 Å². The van der Waals surface area contributed by atoms with Crippen molar-refractivity contribution < 1.29 is 25.8 Å². The molecule has 4 nitrogen and oxygen atoms in total. The van der Waals surface area contributed by atoms with Gasteiger partial charge in [-0.25, -0.2) is 0 Å². The molecule has 8 heteroatoms. The molecule has 0 bridgehead atoms. The van der Waals surface area contributed by atoms with Crippen LogP contribution < -0.4 is 6.15 Å². The highest BCUT2D eigenvalue weighted by Crippen LogP contribution is 2.23. The molecule has 0 amide bonds. The Balaban J connectivity index is 0. The van der Waals surface area contributed by atoms with Gasteiger partial charge in [-0.15, -0.1) is 0 Å². The molecule has 244 valence electrons. The van der Waals surface area contributed by atoms with E-state index in [2.05, 4.69) is 6.92 Å². The van der Waals surface area contributed by atoms with Crippen LogP contribution in [0.15, 0.2) is 0 Å². The third kappa shape index (κ3) is 35.7. The van der Waals surface area contributed by atoms with Gasteiger partial charge in [0.15, 0.2) is 0 Å². The zero-order valence-corrected chi connectivity index (χ0v) is 27.0. The van der Waals surface area contributed by atoms with Crippen molar-refractivity contribution in [3.05, 3.63) is 0 Å². The Bertz CT molecular complexity index is 601. The fraction of sp³-hybridized carbons (Fsp3) is 1.00. The number of unbranched alkanes of at least 4 members (excludes halogenated alkanes) is 25. The summed E-state index contributed by atoms with van der Waals surface area (Å²) in [4.78, 5) is 0. The van der Waals surface area contributed by atoms with Crippen LogP contribution >= 0.6 is 0 Å². The molecule has 0 spiro atoms. The quantitative estimate of drug-likeness (QED) is 0.0633. The predicted octanol–water partition coefficient (Wildman–Crippen LogP) is 12.0. The van der Waals surface area contributed by atoms with Gasteiger partial charge < -0.3 is 6.15 Å². The Kier molecular flexibility index (Phi) is 31.5. The summed E-state index contributed by atoms with van der Waals surface area (Å²) in [6.45, 7) is 2.57. The SMILES string of the molecule is CCCCCCCCCCCCCCCCCCCCOS(=O)(=O)CCCCCCCCCCCC(F)(F)F.N. The van der Waals surface area contributed by atoms with Crippen molar-refractivity contribution in [3.8, 4) is 0 Å². The highest BCUT2D eigenvalue weighted by atomic mass is 32.2. The Labute approximate surface area is 247 Å². The molecule has 0 unspecified atom stereocenters. The number of rotatable bonds is 31. The van der Waals surface area contributed by atoms with E-state index in [1.54, 1.807) is 0 Å². The molecule has 40 heavy (non-hydrogen) atoms. The van der Waals surface area contributed by atoms with Gasteiger partial charge in [-0.05, 0) is 19.3 Å². The van der Waals surface area contributed by atoms with Gasteiger partial charge in [0.25, 0.3) is 10.1 Å². The van der Waals surface area contributed by atoms with Crippen LogP contribution in [0, 0.1) is 0 Å². The smallest absolute Gasteiger partial charge is 0.344 e. The van der Waals surface area contributed by atoms with E-state index >= 15 is 0 Å². The van der Waals surface area contributed by atoms with Crippen molar-refractivity contribution in [2.75, 3.05) is 12.4 Å². The minimum Gasteiger partial charge on any atom is -0.344 e. The van der Waals surface area contributed by atoms with Gasteiger partial charge in [0.05, 0.1) is 12.4 Å². The normalized spacial score (nSPS) is 12.1. The average Bonchev–Trinajstić information content (AvgIpc) is 2.88. The van der Waals surface area contributed by atoms with Gasteiger partial charge in [0.1, 0.15) is 0 Å². The van der Waals surface area contributed by atoms with Crippen LogP contribution in [0.3, 0.4) is 0 Å². The van der Waals surface area contributed by atoms with Gasteiger partial charge >= 0.3 is 6.18 Å². The molecule has 0 aromatic carbocycles. The minimum absolute atomic E-state index is 0. The summed E-state index contributed by atoms with van der Waals surface area (Å²) in [7, 11) is -3.42. The minimum atomic E-state index is -4.03. The Hall–Kier alpha value is -0.340. The second kappa shape index (κ2) is 30.1. The number of alkyl halides is 3. The first-order valence-electron chi connectivity index (χ1n) is 16.7. The van der Waals surface area contributed by atoms with E-state index in [9.17, 15) is 21.6 Å². The van der Waals surface area contributed by atoms with Crippen molar-refractivity contribution in [1.29, 1.82) is 0 Å².